The van der Waals surface area contributed by atoms with Crippen molar-refractivity contribution in [1.82, 2.24) is 10.5 Å². The van der Waals surface area contributed by atoms with E-state index < -0.39 is 12.0 Å². The standard InChI is InChI=1S/C11H16N2O4/c1-6(2)9(4-10(14)15)13-11(16)8-5-12-17-7(8)3/h5-6,9H,4H2,1-3H3,(H,13,16)(H,14,15). The lowest BCUT2D eigenvalue weighted by molar-refractivity contribution is -0.137. The van der Waals surface area contributed by atoms with Gasteiger partial charge in [0.15, 0.2) is 0 Å². The van der Waals surface area contributed by atoms with Gasteiger partial charge in [-0.2, -0.15) is 0 Å². The number of carbonyl (C=O) groups excluding carboxylic acids is 1. The molecule has 6 heteroatoms. The van der Waals surface area contributed by atoms with E-state index in [-0.39, 0.29) is 18.2 Å². The van der Waals surface area contributed by atoms with Crippen LogP contribution >= 0.6 is 0 Å². The fourth-order valence-electron chi connectivity index (χ4n) is 1.40. The van der Waals surface area contributed by atoms with Crippen LogP contribution in [0.1, 0.15) is 36.4 Å². The van der Waals surface area contributed by atoms with Gasteiger partial charge >= 0.3 is 5.97 Å². The first kappa shape index (κ1) is 13.2. The van der Waals surface area contributed by atoms with E-state index in [1.807, 2.05) is 13.8 Å². The van der Waals surface area contributed by atoms with E-state index in [9.17, 15) is 9.59 Å². The minimum atomic E-state index is -0.939. The number of carboxylic acids is 1. The molecular formula is C11H16N2O4. The van der Waals surface area contributed by atoms with Gasteiger partial charge in [-0.3, -0.25) is 9.59 Å². The number of nitrogens with one attached hydrogen (secondary N) is 1. The number of hydrogen-bond acceptors (Lipinski definition) is 4. The van der Waals surface area contributed by atoms with Gasteiger partial charge in [-0.1, -0.05) is 19.0 Å². The molecule has 0 spiro atoms. The number of rotatable bonds is 5. The van der Waals surface area contributed by atoms with E-state index in [4.69, 9.17) is 9.63 Å². The largest absolute Gasteiger partial charge is 0.481 e. The van der Waals surface area contributed by atoms with E-state index in [0.717, 1.165) is 0 Å². The van der Waals surface area contributed by atoms with E-state index >= 15 is 0 Å². The molecule has 0 aliphatic carbocycles. The Hall–Kier alpha value is -1.85. The van der Waals surface area contributed by atoms with Crippen LogP contribution in [0.25, 0.3) is 0 Å². The normalized spacial score (nSPS) is 12.5. The zero-order chi connectivity index (χ0) is 13.0. The molecule has 0 aliphatic heterocycles. The van der Waals surface area contributed by atoms with Gasteiger partial charge in [0.25, 0.3) is 5.91 Å². The van der Waals surface area contributed by atoms with E-state index in [1.54, 1.807) is 6.92 Å². The highest BCUT2D eigenvalue weighted by Gasteiger charge is 2.22. The van der Waals surface area contributed by atoms with E-state index in [0.29, 0.717) is 11.3 Å². The topological polar surface area (TPSA) is 92.4 Å². The molecule has 1 aromatic heterocycles. The Balaban J connectivity index is 2.71. The summed E-state index contributed by atoms with van der Waals surface area (Å²) in [6, 6.07) is -0.408. The zero-order valence-corrected chi connectivity index (χ0v) is 10.1. The second kappa shape index (κ2) is 5.47. The van der Waals surface area contributed by atoms with Gasteiger partial charge in [0, 0.05) is 6.04 Å². The van der Waals surface area contributed by atoms with Crippen molar-refractivity contribution in [3.05, 3.63) is 17.5 Å². The van der Waals surface area contributed by atoms with Gasteiger partial charge in [0.1, 0.15) is 11.3 Å². The molecule has 1 amide bonds. The molecule has 94 valence electrons. The summed E-state index contributed by atoms with van der Waals surface area (Å²) >= 11 is 0. The fourth-order valence-corrected chi connectivity index (χ4v) is 1.40. The first-order valence-electron chi connectivity index (χ1n) is 5.35. The van der Waals surface area contributed by atoms with Crippen molar-refractivity contribution in [2.45, 2.75) is 33.2 Å². The molecule has 0 saturated heterocycles. The lowest BCUT2D eigenvalue weighted by Crippen LogP contribution is -2.40. The Morgan fingerprint density at radius 2 is 2.18 bits per heavy atom. The summed E-state index contributed by atoms with van der Waals surface area (Å²) in [5, 5.41) is 14.9. The Morgan fingerprint density at radius 1 is 1.53 bits per heavy atom. The zero-order valence-electron chi connectivity index (χ0n) is 10.1. The Labute approximate surface area is 99.0 Å². The molecular weight excluding hydrogens is 224 g/mol. The number of nitrogens with zero attached hydrogens (tertiary/aromatic N) is 1. The van der Waals surface area contributed by atoms with Crippen LogP contribution in [0.5, 0.6) is 0 Å². The lowest BCUT2D eigenvalue weighted by atomic mass is 10.0. The van der Waals surface area contributed by atoms with Crippen LogP contribution < -0.4 is 5.32 Å². The molecule has 2 N–H and O–H groups in total. The van der Waals surface area contributed by atoms with Crippen molar-refractivity contribution >= 4 is 11.9 Å². The van der Waals surface area contributed by atoms with Crippen LogP contribution in [0.3, 0.4) is 0 Å². The van der Waals surface area contributed by atoms with Crippen LogP contribution in [0.2, 0.25) is 0 Å². The number of aryl methyl sites for hydroxylation is 1. The lowest BCUT2D eigenvalue weighted by Gasteiger charge is -2.20. The average molecular weight is 240 g/mol. The second-order valence-electron chi connectivity index (χ2n) is 4.22. The molecule has 17 heavy (non-hydrogen) atoms. The fraction of sp³-hybridized carbons (Fsp3) is 0.545. The van der Waals surface area contributed by atoms with Gasteiger partial charge in [0.2, 0.25) is 0 Å². The summed E-state index contributed by atoms with van der Waals surface area (Å²) in [4.78, 5) is 22.5. The van der Waals surface area contributed by atoms with Gasteiger partial charge in [-0.05, 0) is 12.8 Å². The summed E-state index contributed by atoms with van der Waals surface area (Å²) in [5.74, 6) is -0.842. The molecule has 0 aromatic carbocycles. The number of amides is 1. The van der Waals surface area contributed by atoms with Crippen molar-refractivity contribution < 1.29 is 19.2 Å². The van der Waals surface area contributed by atoms with Gasteiger partial charge in [0.05, 0.1) is 12.6 Å². The molecule has 1 unspecified atom stereocenters. The predicted molar refractivity (Wildman–Crippen MR) is 59.6 cm³/mol. The highest BCUT2D eigenvalue weighted by atomic mass is 16.5. The molecule has 1 rings (SSSR count). The Kier molecular flexibility index (Phi) is 4.25. The Bertz CT molecular complexity index is 411. The molecule has 0 bridgehead atoms. The first-order chi connectivity index (χ1) is 7.91. The van der Waals surface area contributed by atoms with Crippen molar-refractivity contribution in [2.75, 3.05) is 0 Å². The third-order valence-corrected chi connectivity index (χ3v) is 2.51. The van der Waals surface area contributed by atoms with Crippen LogP contribution in [0.4, 0.5) is 0 Å². The number of carbonyl (C=O) groups is 2. The maximum Gasteiger partial charge on any atom is 0.305 e. The molecule has 1 heterocycles. The molecule has 0 radical (unpaired) electrons. The molecule has 1 atom stereocenters. The van der Waals surface area contributed by atoms with Crippen LogP contribution in [-0.4, -0.2) is 28.2 Å². The number of aromatic nitrogens is 1. The van der Waals surface area contributed by atoms with E-state index in [2.05, 4.69) is 10.5 Å². The van der Waals surface area contributed by atoms with Crippen molar-refractivity contribution in [1.29, 1.82) is 0 Å². The molecule has 0 fully saturated rings. The van der Waals surface area contributed by atoms with Gasteiger partial charge in [-0.15, -0.1) is 0 Å². The van der Waals surface area contributed by atoms with Crippen molar-refractivity contribution in [3.8, 4) is 0 Å². The number of hydrogen-bond donors (Lipinski definition) is 2. The molecule has 6 nitrogen and oxygen atoms in total. The molecule has 0 saturated carbocycles. The summed E-state index contributed by atoms with van der Waals surface area (Å²) in [6.45, 7) is 5.34. The van der Waals surface area contributed by atoms with Crippen LogP contribution in [0, 0.1) is 12.8 Å². The van der Waals surface area contributed by atoms with Gasteiger partial charge in [-0.25, -0.2) is 0 Å². The minimum Gasteiger partial charge on any atom is -0.481 e. The number of aliphatic carboxylic acids is 1. The highest BCUT2D eigenvalue weighted by Crippen LogP contribution is 2.10. The van der Waals surface area contributed by atoms with Crippen LogP contribution in [0.15, 0.2) is 10.7 Å². The first-order valence-corrected chi connectivity index (χ1v) is 5.35. The smallest absolute Gasteiger partial charge is 0.305 e. The second-order valence-corrected chi connectivity index (χ2v) is 4.22. The maximum atomic E-state index is 11.8. The summed E-state index contributed by atoms with van der Waals surface area (Å²) in [5.41, 5.74) is 0.334. The SMILES string of the molecule is Cc1oncc1C(=O)NC(CC(=O)O)C(C)C. The molecule has 0 aliphatic rings. The predicted octanol–water partition coefficient (Wildman–Crippen LogP) is 1.21. The highest BCUT2D eigenvalue weighted by molar-refractivity contribution is 5.95. The number of carboxylic acid groups (broad SMARTS) is 1. The molecule has 1 aromatic rings. The monoisotopic (exact) mass is 240 g/mol. The van der Waals surface area contributed by atoms with E-state index in [1.165, 1.54) is 6.20 Å². The summed E-state index contributed by atoms with van der Waals surface area (Å²) < 4.78 is 4.78. The Morgan fingerprint density at radius 3 is 2.59 bits per heavy atom. The summed E-state index contributed by atoms with van der Waals surface area (Å²) in [7, 11) is 0. The average Bonchev–Trinajstić information content (AvgIpc) is 2.62. The van der Waals surface area contributed by atoms with Crippen molar-refractivity contribution in [3.63, 3.8) is 0 Å². The van der Waals surface area contributed by atoms with Crippen LogP contribution in [-0.2, 0) is 4.79 Å². The van der Waals surface area contributed by atoms with Gasteiger partial charge < -0.3 is 14.9 Å². The minimum absolute atomic E-state index is 0.0372. The summed E-state index contributed by atoms with van der Waals surface area (Å²) in [6.07, 6.45) is 1.22. The van der Waals surface area contributed by atoms with Crippen molar-refractivity contribution in [2.24, 2.45) is 5.92 Å². The maximum absolute atomic E-state index is 11.8. The third kappa shape index (κ3) is 3.58. The third-order valence-electron chi connectivity index (χ3n) is 2.51. The quantitative estimate of drug-likeness (QED) is 0.807.